The van der Waals surface area contributed by atoms with Gasteiger partial charge in [0.2, 0.25) is 0 Å². The van der Waals surface area contributed by atoms with Crippen LogP contribution in [0.3, 0.4) is 0 Å². The molecule has 0 bridgehead atoms. The summed E-state index contributed by atoms with van der Waals surface area (Å²) in [7, 11) is -0.905. The highest BCUT2D eigenvalue weighted by atomic mass is 28.3. The summed E-state index contributed by atoms with van der Waals surface area (Å²) in [6.07, 6.45) is 11.3. The van der Waals surface area contributed by atoms with Crippen molar-refractivity contribution in [3.63, 3.8) is 0 Å². The van der Waals surface area contributed by atoms with Crippen LogP contribution in [-0.4, -0.2) is 8.07 Å². The van der Waals surface area contributed by atoms with E-state index < -0.39 is 8.07 Å². The Morgan fingerprint density at radius 2 is 1.93 bits per heavy atom. The van der Waals surface area contributed by atoms with E-state index in [1.165, 1.54) is 38.5 Å². The molecule has 0 aromatic carbocycles. The fourth-order valence-corrected chi connectivity index (χ4v) is 6.08. The Morgan fingerprint density at radius 1 is 1.14 bits per heavy atom. The average molecular weight is 208 g/mol. The third-order valence-corrected chi connectivity index (χ3v) is 7.10. The summed E-state index contributed by atoms with van der Waals surface area (Å²) in [5.41, 5.74) is 2.93. The minimum absolute atomic E-state index is 0.905. The molecule has 0 saturated heterocycles. The maximum absolute atomic E-state index is 2.57. The maximum atomic E-state index is 2.57. The topological polar surface area (TPSA) is 0 Å². The van der Waals surface area contributed by atoms with E-state index in [9.17, 15) is 0 Å². The third-order valence-electron chi connectivity index (χ3n) is 4.19. The van der Waals surface area contributed by atoms with Crippen molar-refractivity contribution in [2.75, 3.05) is 0 Å². The van der Waals surface area contributed by atoms with E-state index in [4.69, 9.17) is 0 Å². The van der Waals surface area contributed by atoms with Gasteiger partial charge in [-0.1, -0.05) is 37.7 Å². The second kappa shape index (κ2) is 3.84. The molecule has 0 radical (unpaired) electrons. The zero-order valence-corrected chi connectivity index (χ0v) is 11.0. The first-order valence-corrected chi connectivity index (χ1v) is 9.86. The first kappa shape index (κ1) is 10.5. The van der Waals surface area contributed by atoms with Gasteiger partial charge < -0.3 is 0 Å². The van der Waals surface area contributed by atoms with E-state index in [1.807, 2.05) is 5.57 Å². The Morgan fingerprint density at radius 3 is 2.64 bits per heavy atom. The second-order valence-electron chi connectivity index (χ2n) is 6.18. The van der Waals surface area contributed by atoms with Crippen molar-refractivity contribution in [2.45, 2.75) is 63.7 Å². The van der Waals surface area contributed by atoms with Gasteiger partial charge >= 0.3 is 0 Å². The van der Waals surface area contributed by atoms with E-state index in [-0.39, 0.29) is 0 Å². The van der Waals surface area contributed by atoms with Crippen LogP contribution >= 0.6 is 0 Å². The summed E-state index contributed by atoms with van der Waals surface area (Å²) in [4.78, 5) is 0. The Labute approximate surface area is 89.8 Å². The molecular weight excluding hydrogens is 184 g/mol. The van der Waals surface area contributed by atoms with Crippen molar-refractivity contribution in [3.8, 4) is 0 Å². The van der Waals surface area contributed by atoms with Crippen molar-refractivity contribution in [2.24, 2.45) is 5.92 Å². The molecule has 2 aliphatic carbocycles. The van der Waals surface area contributed by atoms with Crippen molar-refractivity contribution in [1.29, 1.82) is 0 Å². The second-order valence-corrected chi connectivity index (χ2v) is 11.7. The summed E-state index contributed by atoms with van der Waals surface area (Å²) in [5, 5.41) is 0. The van der Waals surface area contributed by atoms with E-state index in [2.05, 4.69) is 25.7 Å². The summed E-state index contributed by atoms with van der Waals surface area (Å²) in [5.74, 6) is 1.00. The molecule has 0 unspecified atom stereocenters. The van der Waals surface area contributed by atoms with Crippen LogP contribution in [0.4, 0.5) is 0 Å². The van der Waals surface area contributed by atoms with Gasteiger partial charge in [-0.25, -0.2) is 0 Å². The molecule has 1 heteroatoms. The Hall–Kier alpha value is -0.0431. The van der Waals surface area contributed by atoms with Crippen molar-refractivity contribution >= 4 is 8.07 Å². The largest absolute Gasteiger partial charge is 0.0851 e. The highest BCUT2D eigenvalue weighted by molar-refractivity contribution is 6.77. The van der Waals surface area contributed by atoms with Gasteiger partial charge in [-0.2, -0.15) is 0 Å². The van der Waals surface area contributed by atoms with Crippen LogP contribution < -0.4 is 0 Å². The Kier molecular flexibility index (Phi) is 2.87. The minimum Gasteiger partial charge on any atom is -0.0851 e. The molecule has 0 heterocycles. The highest BCUT2D eigenvalue weighted by Gasteiger charge is 2.37. The molecule has 0 aliphatic heterocycles. The number of fused-ring (bicyclic) bond motifs is 1. The van der Waals surface area contributed by atoms with Crippen molar-refractivity contribution < 1.29 is 0 Å². The van der Waals surface area contributed by atoms with Gasteiger partial charge in [0.15, 0.2) is 0 Å². The van der Waals surface area contributed by atoms with Gasteiger partial charge in [0.05, 0.1) is 0 Å². The average Bonchev–Trinajstić information content (AvgIpc) is 2.15. The van der Waals surface area contributed by atoms with E-state index in [0.29, 0.717) is 0 Å². The number of hydrogen-bond donors (Lipinski definition) is 0. The van der Waals surface area contributed by atoms with Gasteiger partial charge in [-0.3, -0.25) is 0 Å². The molecule has 0 N–H and O–H groups in total. The molecule has 0 aromatic heterocycles. The normalized spacial score (nSPS) is 33.5. The highest BCUT2D eigenvalue weighted by Crippen LogP contribution is 2.47. The summed E-state index contributed by atoms with van der Waals surface area (Å²) < 4.78 is 0. The van der Waals surface area contributed by atoms with Gasteiger partial charge in [0, 0.05) is 8.07 Å². The van der Waals surface area contributed by atoms with E-state index in [0.717, 1.165) is 11.5 Å². The van der Waals surface area contributed by atoms with Crippen LogP contribution in [0, 0.1) is 5.92 Å². The first-order chi connectivity index (χ1) is 6.59. The van der Waals surface area contributed by atoms with Gasteiger partial charge in [0.1, 0.15) is 0 Å². The molecule has 0 aromatic rings. The molecule has 1 fully saturated rings. The van der Waals surface area contributed by atoms with Crippen molar-refractivity contribution in [1.82, 2.24) is 0 Å². The SMILES string of the molecule is C[Si](C)(C)[C@H]1CCC=C2CCCC[C@H]21. The molecule has 1 saturated carbocycles. The van der Waals surface area contributed by atoms with E-state index in [1.54, 1.807) is 0 Å². The van der Waals surface area contributed by atoms with E-state index >= 15 is 0 Å². The maximum Gasteiger partial charge on any atom is 0.0479 e. The quantitative estimate of drug-likeness (QED) is 0.436. The zero-order valence-electron chi connectivity index (χ0n) is 9.97. The minimum atomic E-state index is -0.905. The fourth-order valence-electron chi connectivity index (χ4n) is 3.46. The fraction of sp³-hybridized carbons (Fsp3) is 0.846. The van der Waals surface area contributed by atoms with Crippen LogP contribution in [0.2, 0.25) is 25.2 Å². The predicted molar refractivity (Wildman–Crippen MR) is 66.4 cm³/mol. The molecule has 14 heavy (non-hydrogen) atoms. The van der Waals surface area contributed by atoms with Crippen LogP contribution in [-0.2, 0) is 0 Å². The molecule has 2 atom stereocenters. The molecular formula is C13H24Si. The first-order valence-electron chi connectivity index (χ1n) is 6.28. The number of rotatable bonds is 1. The molecule has 0 nitrogen and oxygen atoms in total. The van der Waals surface area contributed by atoms with Gasteiger partial charge in [-0.15, -0.1) is 0 Å². The van der Waals surface area contributed by atoms with Crippen LogP contribution in [0.1, 0.15) is 38.5 Å². The van der Waals surface area contributed by atoms with Crippen LogP contribution in [0.25, 0.3) is 0 Å². The Bertz CT molecular complexity index is 234. The standard InChI is InChI=1S/C13H24Si/c1-14(2,3)13-10-6-8-11-7-4-5-9-12(11)13/h8,12-13H,4-7,9-10H2,1-3H3/t12-,13+/m1/s1. The molecule has 2 rings (SSSR count). The number of allylic oxidation sites excluding steroid dienone is 2. The molecule has 2 aliphatic rings. The smallest absolute Gasteiger partial charge is 0.0479 e. The summed E-state index contributed by atoms with van der Waals surface area (Å²) in [6.45, 7) is 7.69. The molecule has 0 amide bonds. The lowest BCUT2D eigenvalue weighted by molar-refractivity contribution is 0.394. The zero-order chi connectivity index (χ0) is 10.2. The Balaban J connectivity index is 2.17. The lowest BCUT2D eigenvalue weighted by atomic mass is 9.77. The summed E-state index contributed by atoms with van der Waals surface area (Å²) in [6, 6.07) is 0. The summed E-state index contributed by atoms with van der Waals surface area (Å²) >= 11 is 0. The number of hydrogen-bond acceptors (Lipinski definition) is 0. The van der Waals surface area contributed by atoms with Crippen LogP contribution in [0.15, 0.2) is 11.6 Å². The molecule has 80 valence electrons. The van der Waals surface area contributed by atoms with Crippen LogP contribution in [0.5, 0.6) is 0 Å². The van der Waals surface area contributed by atoms with Gasteiger partial charge in [0.25, 0.3) is 0 Å². The monoisotopic (exact) mass is 208 g/mol. The predicted octanol–water partition coefficient (Wildman–Crippen LogP) is 4.61. The van der Waals surface area contributed by atoms with Gasteiger partial charge in [-0.05, 0) is 43.6 Å². The molecule has 0 spiro atoms. The third kappa shape index (κ3) is 1.98. The lowest BCUT2D eigenvalue weighted by Gasteiger charge is -2.42. The van der Waals surface area contributed by atoms with Crippen molar-refractivity contribution in [3.05, 3.63) is 11.6 Å². The lowest BCUT2D eigenvalue weighted by Crippen LogP contribution is -2.36.